The predicted octanol–water partition coefficient (Wildman–Crippen LogP) is 3.80. The summed E-state index contributed by atoms with van der Waals surface area (Å²) in [6.45, 7) is 2.35. The third-order valence-corrected chi connectivity index (χ3v) is 6.12. The van der Waals surface area contributed by atoms with Gasteiger partial charge < -0.3 is 9.73 Å². The van der Waals surface area contributed by atoms with Gasteiger partial charge in [0.2, 0.25) is 5.91 Å². The number of aromatic nitrogens is 2. The fraction of sp³-hybridized carbons (Fsp3) is 0.318. The van der Waals surface area contributed by atoms with Gasteiger partial charge in [-0.15, -0.1) is 0 Å². The van der Waals surface area contributed by atoms with Crippen molar-refractivity contribution in [2.75, 3.05) is 11.1 Å². The second-order valence-electron chi connectivity index (χ2n) is 7.15. The van der Waals surface area contributed by atoms with Crippen molar-refractivity contribution in [3.8, 4) is 0 Å². The van der Waals surface area contributed by atoms with Crippen molar-refractivity contribution in [1.82, 2.24) is 9.55 Å². The van der Waals surface area contributed by atoms with Gasteiger partial charge in [-0.25, -0.2) is 4.79 Å². The standard InChI is InChI=1S/C22H23N3O3S/c1-15-7-2-4-10-18(15)23-20(26)14-29-21-17-9-3-5-11-19(17)25(22(27)24-21)13-16-8-6-12-28-16/h2,4,6-8,10,12H,3,5,9,11,13-14H2,1H3,(H,23,26). The van der Waals surface area contributed by atoms with Crippen LogP contribution in [-0.2, 0) is 24.2 Å². The van der Waals surface area contributed by atoms with Crippen LogP contribution in [-0.4, -0.2) is 21.2 Å². The molecule has 29 heavy (non-hydrogen) atoms. The zero-order chi connectivity index (χ0) is 20.2. The minimum Gasteiger partial charge on any atom is -0.467 e. The van der Waals surface area contributed by atoms with Crippen LogP contribution in [0.15, 0.2) is 56.9 Å². The van der Waals surface area contributed by atoms with Crippen LogP contribution in [0, 0.1) is 6.92 Å². The second kappa shape index (κ2) is 8.69. The number of benzene rings is 1. The highest BCUT2D eigenvalue weighted by molar-refractivity contribution is 8.00. The third-order valence-electron chi connectivity index (χ3n) is 5.10. The van der Waals surface area contributed by atoms with Crippen LogP contribution in [0.3, 0.4) is 0 Å². The van der Waals surface area contributed by atoms with Gasteiger partial charge in [-0.1, -0.05) is 30.0 Å². The number of hydrogen-bond donors (Lipinski definition) is 1. The molecule has 1 N–H and O–H groups in total. The summed E-state index contributed by atoms with van der Waals surface area (Å²) in [4.78, 5) is 29.4. The zero-order valence-electron chi connectivity index (χ0n) is 16.3. The van der Waals surface area contributed by atoms with Gasteiger partial charge in [-0.3, -0.25) is 9.36 Å². The molecule has 6 nitrogen and oxygen atoms in total. The lowest BCUT2D eigenvalue weighted by atomic mass is 9.97. The average Bonchev–Trinajstić information content (AvgIpc) is 3.24. The number of thioether (sulfide) groups is 1. The molecule has 1 aromatic carbocycles. The first kappa shape index (κ1) is 19.5. The Hall–Kier alpha value is -2.80. The smallest absolute Gasteiger partial charge is 0.349 e. The lowest BCUT2D eigenvalue weighted by molar-refractivity contribution is -0.113. The minimum absolute atomic E-state index is 0.101. The monoisotopic (exact) mass is 409 g/mol. The van der Waals surface area contributed by atoms with Crippen molar-refractivity contribution in [2.24, 2.45) is 0 Å². The van der Waals surface area contributed by atoms with E-state index in [-0.39, 0.29) is 17.3 Å². The number of rotatable bonds is 6. The topological polar surface area (TPSA) is 77.1 Å². The lowest BCUT2D eigenvalue weighted by Gasteiger charge is -2.22. The van der Waals surface area contributed by atoms with E-state index in [0.29, 0.717) is 11.6 Å². The summed E-state index contributed by atoms with van der Waals surface area (Å²) in [6, 6.07) is 11.4. The number of furan rings is 1. The number of carbonyl (C=O) groups excluding carboxylic acids is 1. The lowest BCUT2D eigenvalue weighted by Crippen LogP contribution is -2.30. The van der Waals surface area contributed by atoms with Crippen LogP contribution >= 0.6 is 11.8 Å². The van der Waals surface area contributed by atoms with Crippen LogP contribution in [0.5, 0.6) is 0 Å². The maximum absolute atomic E-state index is 12.7. The van der Waals surface area contributed by atoms with E-state index >= 15 is 0 Å². The van der Waals surface area contributed by atoms with Crippen molar-refractivity contribution < 1.29 is 9.21 Å². The molecule has 0 radical (unpaired) electrons. The van der Waals surface area contributed by atoms with Crippen molar-refractivity contribution >= 4 is 23.4 Å². The SMILES string of the molecule is Cc1ccccc1NC(=O)CSc1nc(=O)n(Cc2ccco2)c2c1CCCC2. The molecule has 1 aliphatic carbocycles. The van der Waals surface area contributed by atoms with Gasteiger partial charge in [0.05, 0.1) is 18.6 Å². The Kier molecular flexibility index (Phi) is 5.85. The Morgan fingerprint density at radius 2 is 2.03 bits per heavy atom. The number of para-hydroxylation sites is 1. The maximum atomic E-state index is 12.7. The molecule has 1 aliphatic rings. The van der Waals surface area contributed by atoms with Crippen LogP contribution in [0.1, 0.15) is 35.4 Å². The molecule has 0 aliphatic heterocycles. The minimum atomic E-state index is -0.288. The number of anilines is 1. The molecular formula is C22H23N3O3S. The first-order valence-corrected chi connectivity index (χ1v) is 10.7. The summed E-state index contributed by atoms with van der Waals surface area (Å²) in [5, 5.41) is 3.61. The number of amides is 1. The third kappa shape index (κ3) is 4.45. The van der Waals surface area contributed by atoms with Crippen molar-refractivity contribution in [1.29, 1.82) is 0 Å². The Labute approximate surface area is 173 Å². The van der Waals surface area contributed by atoms with E-state index in [2.05, 4.69) is 10.3 Å². The number of carbonyl (C=O) groups is 1. The largest absolute Gasteiger partial charge is 0.467 e. The fourth-order valence-corrected chi connectivity index (χ4v) is 4.50. The molecule has 0 spiro atoms. The van der Waals surface area contributed by atoms with E-state index in [9.17, 15) is 9.59 Å². The second-order valence-corrected chi connectivity index (χ2v) is 8.11. The first-order valence-electron chi connectivity index (χ1n) is 9.75. The predicted molar refractivity (Wildman–Crippen MR) is 113 cm³/mol. The van der Waals surface area contributed by atoms with E-state index in [1.807, 2.05) is 43.3 Å². The van der Waals surface area contributed by atoms with E-state index in [1.165, 1.54) is 11.8 Å². The van der Waals surface area contributed by atoms with Gasteiger partial charge in [0.25, 0.3) is 0 Å². The van der Waals surface area contributed by atoms with Crippen molar-refractivity contribution in [2.45, 2.75) is 44.2 Å². The molecule has 0 unspecified atom stereocenters. The molecule has 0 saturated carbocycles. The number of hydrogen-bond acceptors (Lipinski definition) is 5. The molecule has 2 aromatic heterocycles. The highest BCUT2D eigenvalue weighted by Crippen LogP contribution is 2.29. The summed E-state index contributed by atoms with van der Waals surface area (Å²) in [6.07, 6.45) is 5.44. The Bertz CT molecular complexity index is 1070. The van der Waals surface area contributed by atoms with Gasteiger partial charge >= 0.3 is 5.69 Å². The van der Waals surface area contributed by atoms with Crippen LogP contribution in [0.25, 0.3) is 0 Å². The molecule has 0 bridgehead atoms. The number of aryl methyl sites for hydroxylation is 1. The Balaban J connectivity index is 1.53. The van der Waals surface area contributed by atoms with Crippen LogP contribution in [0.4, 0.5) is 5.69 Å². The van der Waals surface area contributed by atoms with E-state index in [0.717, 1.165) is 54.0 Å². The molecule has 4 rings (SSSR count). The van der Waals surface area contributed by atoms with Gasteiger partial charge in [-0.2, -0.15) is 4.98 Å². The number of nitrogens with zero attached hydrogens (tertiary/aromatic N) is 2. The quantitative estimate of drug-likeness (QED) is 0.495. The van der Waals surface area contributed by atoms with Gasteiger partial charge in [0, 0.05) is 16.9 Å². The van der Waals surface area contributed by atoms with Crippen molar-refractivity contribution in [3.63, 3.8) is 0 Å². The van der Waals surface area contributed by atoms with Gasteiger partial charge in [0.15, 0.2) is 0 Å². The summed E-state index contributed by atoms with van der Waals surface area (Å²) in [7, 11) is 0. The first-order chi connectivity index (χ1) is 14.1. The Morgan fingerprint density at radius 1 is 1.21 bits per heavy atom. The zero-order valence-corrected chi connectivity index (χ0v) is 17.1. The molecule has 0 fully saturated rings. The molecule has 150 valence electrons. The van der Waals surface area contributed by atoms with Crippen LogP contribution in [0.2, 0.25) is 0 Å². The summed E-state index contributed by atoms with van der Waals surface area (Å²) >= 11 is 1.34. The highest BCUT2D eigenvalue weighted by Gasteiger charge is 2.21. The molecule has 7 heteroatoms. The van der Waals surface area contributed by atoms with E-state index in [1.54, 1.807) is 10.8 Å². The van der Waals surface area contributed by atoms with Gasteiger partial charge in [0.1, 0.15) is 10.8 Å². The summed E-state index contributed by atoms with van der Waals surface area (Å²) < 4.78 is 7.13. The normalized spacial score (nSPS) is 13.1. The highest BCUT2D eigenvalue weighted by atomic mass is 32.2. The summed E-state index contributed by atoms with van der Waals surface area (Å²) in [5.41, 5.74) is 3.65. The Morgan fingerprint density at radius 3 is 2.83 bits per heavy atom. The average molecular weight is 410 g/mol. The molecule has 3 aromatic rings. The molecule has 0 saturated heterocycles. The van der Waals surface area contributed by atoms with E-state index < -0.39 is 0 Å². The van der Waals surface area contributed by atoms with E-state index in [4.69, 9.17) is 4.42 Å². The number of fused-ring (bicyclic) bond motifs is 1. The number of nitrogens with one attached hydrogen (secondary N) is 1. The molecule has 2 heterocycles. The molecular weight excluding hydrogens is 386 g/mol. The fourth-order valence-electron chi connectivity index (χ4n) is 3.62. The van der Waals surface area contributed by atoms with Crippen molar-refractivity contribution in [3.05, 3.63) is 75.7 Å². The van der Waals surface area contributed by atoms with Gasteiger partial charge in [-0.05, 0) is 56.4 Å². The summed E-state index contributed by atoms with van der Waals surface area (Å²) in [5.74, 6) is 0.852. The molecule has 1 amide bonds. The van der Waals surface area contributed by atoms with Crippen LogP contribution < -0.4 is 11.0 Å². The molecule has 0 atom stereocenters. The maximum Gasteiger partial charge on any atom is 0.349 e.